The summed E-state index contributed by atoms with van der Waals surface area (Å²) in [6, 6.07) is 0. The van der Waals surface area contributed by atoms with Crippen molar-refractivity contribution in [1.82, 2.24) is 14.9 Å². The second kappa shape index (κ2) is 37.4. The van der Waals surface area contributed by atoms with Gasteiger partial charge in [-0.15, -0.1) is 6.20 Å². The summed E-state index contributed by atoms with van der Waals surface area (Å²) in [6.45, 7) is 27.7. The van der Waals surface area contributed by atoms with Crippen LogP contribution in [0.25, 0.3) is 6.08 Å². The van der Waals surface area contributed by atoms with Gasteiger partial charge in [0.2, 0.25) is 0 Å². The molecule has 0 spiro atoms. The van der Waals surface area contributed by atoms with Crippen LogP contribution in [0.2, 0.25) is 27.3 Å². The van der Waals surface area contributed by atoms with Crippen molar-refractivity contribution in [1.29, 1.82) is 0 Å². The molecule has 0 unspecified atom stereocenters. The van der Waals surface area contributed by atoms with Gasteiger partial charge in [-0.2, -0.15) is 0 Å². The number of hydrogen-bond donors (Lipinski definition) is 0. The molecule has 1 saturated heterocycles. The Labute approximate surface area is 244 Å². The Morgan fingerprint density at radius 1 is 1.00 bits per heavy atom. The third-order valence-corrected chi connectivity index (χ3v) is 4.05. The summed E-state index contributed by atoms with van der Waals surface area (Å²) in [7, 11) is 8.06. The van der Waals surface area contributed by atoms with E-state index in [2.05, 4.69) is 35.3 Å². The number of likely N-dealkylation sites (tertiary alicyclic amines) is 1. The number of aromatic nitrogens is 2. The van der Waals surface area contributed by atoms with Gasteiger partial charge in [0.25, 0.3) is 0 Å². The molecule has 8 heteroatoms. The molecule has 1 aromatic rings. The van der Waals surface area contributed by atoms with E-state index >= 15 is 0 Å². The first-order chi connectivity index (χ1) is 15.1. The average molecular weight is 546 g/mol. The molecule has 4 radical (unpaired) electrons. The third-order valence-electron chi connectivity index (χ3n) is 4.05. The van der Waals surface area contributed by atoms with Gasteiger partial charge >= 0.3 is 0 Å². The predicted octanol–water partition coefficient (Wildman–Crippen LogP) is 6.72. The summed E-state index contributed by atoms with van der Waals surface area (Å²) in [5, 5.41) is 0. The van der Waals surface area contributed by atoms with Crippen LogP contribution in [-0.2, 0) is 39.0 Å². The van der Waals surface area contributed by atoms with Crippen LogP contribution in [0.3, 0.4) is 0 Å². The van der Waals surface area contributed by atoms with Gasteiger partial charge in [0.15, 0.2) is 0 Å². The molecule has 0 aromatic carbocycles. The van der Waals surface area contributed by atoms with Gasteiger partial charge in [0, 0.05) is 38.5 Å². The van der Waals surface area contributed by atoms with E-state index in [1.54, 1.807) is 0 Å². The molecule has 34 heavy (non-hydrogen) atoms. The molecule has 1 aliphatic heterocycles. The molecule has 0 N–H and O–H groups in total. The van der Waals surface area contributed by atoms with Gasteiger partial charge in [-0.05, 0) is 51.8 Å². The Morgan fingerprint density at radius 2 is 1.50 bits per heavy atom. The maximum Gasteiger partial charge on any atom is 0.131 e. The van der Waals surface area contributed by atoms with Crippen molar-refractivity contribution in [2.24, 2.45) is 0 Å². The summed E-state index contributed by atoms with van der Waals surface area (Å²) in [5.41, 5.74) is 0.740. The van der Waals surface area contributed by atoms with Crippen LogP contribution in [0.5, 0.6) is 0 Å². The zero-order valence-corrected chi connectivity index (χ0v) is 25.7. The molecule has 2 rings (SSSR count). The number of hydrogen-bond acceptors (Lipinski definition) is 4. The SMILES string of the molecule is C.C.CC.CC.CCN1CCCCC1.C[B]C.[CH-]=Cc1[c-]nc(C[B]C)nc1N(C)C[B]C.[Y]. The minimum atomic E-state index is 0. The molecular weight excluding hydrogens is 490 g/mol. The molecule has 0 atom stereocenters. The molecule has 0 amide bonds. The molecular formula is C26H56B3N4Y-2. The van der Waals surface area contributed by atoms with E-state index in [1.165, 1.54) is 45.0 Å². The van der Waals surface area contributed by atoms with Crippen LogP contribution < -0.4 is 4.90 Å². The Balaban J connectivity index is -0.0000000927. The predicted molar refractivity (Wildman–Crippen MR) is 159 cm³/mol. The van der Waals surface area contributed by atoms with E-state index in [1.807, 2.05) is 81.5 Å². The van der Waals surface area contributed by atoms with Crippen molar-refractivity contribution in [2.75, 3.05) is 38.0 Å². The van der Waals surface area contributed by atoms with Gasteiger partial charge < -0.3 is 32.4 Å². The number of rotatable bonds is 7. The van der Waals surface area contributed by atoms with Crippen molar-refractivity contribution < 1.29 is 32.7 Å². The van der Waals surface area contributed by atoms with Crippen LogP contribution in [0, 0.1) is 12.8 Å². The van der Waals surface area contributed by atoms with Gasteiger partial charge in [0.1, 0.15) is 21.8 Å². The molecule has 2 heterocycles. The average Bonchev–Trinajstić information content (AvgIpc) is 2.83. The van der Waals surface area contributed by atoms with Crippen molar-refractivity contribution in [2.45, 2.75) is 102 Å². The molecule has 1 aliphatic rings. The smallest absolute Gasteiger partial charge is 0.131 e. The standard InChI is InChI=1S/C11H15B2N3.C7H15N.C2H6B.2C2H6.2CH4.Y/c1-5-9-7-14-10(6-12-2)15-11(9)16(4)8-13-3;1-2-8-6-4-3-5-7-8;1-3-2;2*1-2;;;/h1,5H,6,8H2,2-4H3;2-7H2,1H3;1-2H3;2*1-2H3;2*1H4;/q-2;;;;;;;. The van der Waals surface area contributed by atoms with Gasteiger partial charge in [-0.25, -0.2) is 5.56 Å². The van der Waals surface area contributed by atoms with Crippen molar-refractivity contribution in [3.8, 4) is 0 Å². The second-order valence-corrected chi connectivity index (χ2v) is 6.63. The molecule has 1 fully saturated rings. The van der Waals surface area contributed by atoms with Gasteiger partial charge in [-0.1, -0.05) is 89.5 Å². The molecule has 1 aromatic heterocycles. The summed E-state index contributed by atoms with van der Waals surface area (Å²) in [4.78, 5) is 13.1. The topological polar surface area (TPSA) is 32.3 Å². The minimum absolute atomic E-state index is 0. The molecule has 0 aliphatic carbocycles. The fourth-order valence-corrected chi connectivity index (χ4v) is 2.69. The fraction of sp³-hybridized carbons (Fsp3) is 0.769. The van der Waals surface area contributed by atoms with Gasteiger partial charge in [0.05, 0.1) is 0 Å². The second-order valence-electron chi connectivity index (χ2n) is 6.63. The van der Waals surface area contributed by atoms with Crippen molar-refractivity contribution >= 4 is 33.7 Å². The first-order valence-corrected chi connectivity index (χ1v) is 12.1. The maximum absolute atomic E-state index is 5.53. The first kappa shape index (κ1) is 47.1. The summed E-state index contributed by atoms with van der Waals surface area (Å²) in [5.74, 6) is 1.60. The number of piperidine rings is 1. The fourth-order valence-electron chi connectivity index (χ4n) is 2.69. The monoisotopic (exact) mass is 546 g/mol. The van der Waals surface area contributed by atoms with Crippen LogP contribution >= 0.6 is 0 Å². The van der Waals surface area contributed by atoms with Gasteiger partial charge in [-0.3, -0.25) is 0 Å². The molecule has 0 bridgehead atoms. The van der Waals surface area contributed by atoms with E-state index in [0.29, 0.717) is 0 Å². The Hall–Kier alpha value is -0.121. The van der Waals surface area contributed by atoms with Crippen molar-refractivity contribution in [3.05, 3.63) is 24.2 Å². The largest absolute Gasteiger partial charge is 0.421 e. The van der Waals surface area contributed by atoms with E-state index in [0.717, 1.165) is 30.0 Å². The van der Waals surface area contributed by atoms with Crippen LogP contribution in [0.4, 0.5) is 5.82 Å². The normalized spacial score (nSPS) is 10.9. The van der Waals surface area contributed by atoms with Crippen LogP contribution in [-0.4, -0.2) is 69.8 Å². The number of nitrogens with zero attached hydrogens (tertiary/aromatic N) is 4. The zero-order chi connectivity index (χ0) is 24.5. The van der Waals surface area contributed by atoms with Crippen LogP contribution in [0.15, 0.2) is 0 Å². The summed E-state index contributed by atoms with van der Waals surface area (Å²) < 4.78 is 0. The minimum Gasteiger partial charge on any atom is -0.421 e. The van der Waals surface area contributed by atoms with Crippen LogP contribution in [0.1, 0.15) is 80.1 Å². The maximum atomic E-state index is 5.53. The van der Waals surface area contributed by atoms with E-state index < -0.39 is 0 Å². The summed E-state index contributed by atoms with van der Waals surface area (Å²) >= 11 is 0. The van der Waals surface area contributed by atoms with E-state index in [4.69, 9.17) is 6.58 Å². The van der Waals surface area contributed by atoms with E-state index in [9.17, 15) is 0 Å². The Kier molecular flexibility index (Phi) is 51.9. The zero-order valence-electron chi connectivity index (χ0n) is 22.9. The third kappa shape index (κ3) is 25.0. The van der Waals surface area contributed by atoms with E-state index in [-0.39, 0.29) is 47.6 Å². The first-order valence-electron chi connectivity index (χ1n) is 12.1. The number of anilines is 1. The Bertz CT molecular complexity index is 503. The molecule has 4 nitrogen and oxygen atoms in total. The van der Waals surface area contributed by atoms with Crippen molar-refractivity contribution in [3.63, 3.8) is 0 Å². The molecule has 194 valence electrons. The quantitative estimate of drug-likeness (QED) is 0.281. The Morgan fingerprint density at radius 3 is 1.85 bits per heavy atom. The molecule has 0 saturated carbocycles. The summed E-state index contributed by atoms with van der Waals surface area (Å²) in [6.07, 6.45) is 10.3.